The van der Waals surface area contributed by atoms with Crippen LogP contribution in [0.1, 0.15) is 29.0 Å². The monoisotopic (exact) mass is 555 g/mol. The van der Waals surface area contributed by atoms with Crippen molar-refractivity contribution in [1.82, 2.24) is 14.9 Å². The Bertz CT molecular complexity index is 1450. The first-order valence-corrected chi connectivity index (χ1v) is 12.7. The predicted molar refractivity (Wildman–Crippen MR) is 143 cm³/mol. The Morgan fingerprint density at radius 3 is 2.19 bits per heavy atom. The number of benzene rings is 3. The van der Waals surface area contributed by atoms with E-state index in [1.807, 2.05) is 12.1 Å². The quantitative estimate of drug-likeness (QED) is 0.293. The van der Waals surface area contributed by atoms with Crippen molar-refractivity contribution in [2.45, 2.75) is 18.4 Å². The Hall–Kier alpha value is -3.03. The van der Waals surface area contributed by atoms with Gasteiger partial charge in [0.2, 0.25) is 5.82 Å². The van der Waals surface area contributed by atoms with E-state index in [0.717, 1.165) is 5.56 Å². The Balaban J connectivity index is 1.45. The Labute approximate surface area is 228 Å². The molecule has 1 aromatic heterocycles. The number of nitrogens with zero attached hydrogens (tertiary/aromatic N) is 3. The summed E-state index contributed by atoms with van der Waals surface area (Å²) in [6.45, 7) is 0.595. The van der Waals surface area contributed by atoms with Gasteiger partial charge >= 0.3 is 0 Å². The molecule has 188 valence electrons. The Kier molecular flexibility index (Phi) is 7.19. The van der Waals surface area contributed by atoms with Crippen molar-refractivity contribution in [3.8, 4) is 22.4 Å². The minimum atomic E-state index is -1.13. The van der Waals surface area contributed by atoms with Gasteiger partial charge in [-0.25, -0.2) is 14.4 Å². The van der Waals surface area contributed by atoms with Gasteiger partial charge in [0, 0.05) is 40.5 Å². The third-order valence-corrected chi connectivity index (χ3v) is 7.38. The molecule has 3 aromatic carbocycles. The molecule has 2 heterocycles. The lowest BCUT2D eigenvalue weighted by molar-refractivity contribution is -0.0214. The van der Waals surface area contributed by atoms with Gasteiger partial charge < -0.3 is 10.0 Å². The molecule has 4 aromatic rings. The summed E-state index contributed by atoms with van der Waals surface area (Å²) in [5.74, 6) is -0.697. The summed E-state index contributed by atoms with van der Waals surface area (Å²) in [5.41, 5.74) is 2.09. The molecular formula is C28H21Cl3FN3O2. The van der Waals surface area contributed by atoms with Crippen LogP contribution in [0.15, 0.2) is 72.9 Å². The molecule has 0 aliphatic carbocycles. The second-order valence-electron chi connectivity index (χ2n) is 8.92. The second kappa shape index (κ2) is 10.4. The van der Waals surface area contributed by atoms with Gasteiger partial charge in [0.25, 0.3) is 5.91 Å². The van der Waals surface area contributed by atoms with Crippen molar-refractivity contribution in [1.29, 1.82) is 0 Å². The number of likely N-dealkylation sites (tertiary alicyclic amines) is 1. The molecule has 0 saturated carbocycles. The molecule has 9 heteroatoms. The minimum Gasteiger partial charge on any atom is -0.385 e. The van der Waals surface area contributed by atoms with E-state index >= 15 is 0 Å². The first-order chi connectivity index (χ1) is 17.7. The molecule has 0 atom stereocenters. The Morgan fingerprint density at radius 1 is 0.892 bits per heavy atom. The van der Waals surface area contributed by atoms with E-state index in [1.54, 1.807) is 53.6 Å². The van der Waals surface area contributed by atoms with Crippen LogP contribution in [0.3, 0.4) is 0 Å². The number of aromatic nitrogens is 2. The highest BCUT2D eigenvalue weighted by Gasteiger charge is 2.36. The summed E-state index contributed by atoms with van der Waals surface area (Å²) in [7, 11) is 0. The fraction of sp³-hybridized carbons (Fsp3) is 0.179. The van der Waals surface area contributed by atoms with Crippen LogP contribution in [-0.2, 0) is 5.60 Å². The zero-order valence-electron chi connectivity index (χ0n) is 19.5. The van der Waals surface area contributed by atoms with E-state index in [4.69, 9.17) is 34.8 Å². The normalized spacial score (nSPS) is 15.0. The van der Waals surface area contributed by atoms with E-state index in [1.165, 1.54) is 12.1 Å². The third-order valence-electron chi connectivity index (χ3n) is 6.58. The summed E-state index contributed by atoms with van der Waals surface area (Å²) < 4.78 is 13.3. The van der Waals surface area contributed by atoms with E-state index in [2.05, 4.69) is 9.97 Å². The lowest BCUT2D eigenvalue weighted by Crippen LogP contribution is -2.45. The van der Waals surface area contributed by atoms with Crippen LogP contribution in [0.4, 0.5) is 4.39 Å². The maximum Gasteiger partial charge on any atom is 0.291 e. The van der Waals surface area contributed by atoms with Crippen molar-refractivity contribution in [3.63, 3.8) is 0 Å². The molecule has 1 saturated heterocycles. The largest absolute Gasteiger partial charge is 0.385 e. The molecule has 1 N–H and O–H groups in total. The average molecular weight is 557 g/mol. The van der Waals surface area contributed by atoms with Gasteiger partial charge in [-0.15, -0.1) is 0 Å². The lowest BCUT2D eigenvalue weighted by atomic mass is 9.84. The standard InChI is InChI=1S/C28H21Cl3FN3O2/c29-19-5-1-17(2-6-19)23-16-33-26(34-25(23)22-10-7-20(30)15-24(22)31)27(36)35-13-11-28(37,12-14-35)18-3-8-21(32)9-4-18/h1-10,15-16,37H,11-14H2. The first-order valence-electron chi connectivity index (χ1n) is 11.6. The maximum atomic E-state index is 13.4. The summed E-state index contributed by atoms with van der Waals surface area (Å²) >= 11 is 18.7. The molecule has 37 heavy (non-hydrogen) atoms. The van der Waals surface area contributed by atoms with Crippen LogP contribution in [-0.4, -0.2) is 39.0 Å². The highest BCUT2D eigenvalue weighted by atomic mass is 35.5. The molecule has 5 rings (SSSR count). The van der Waals surface area contributed by atoms with E-state index in [0.29, 0.717) is 63.4 Å². The molecule has 0 radical (unpaired) electrons. The van der Waals surface area contributed by atoms with Gasteiger partial charge in [-0.05, 0) is 66.4 Å². The Morgan fingerprint density at radius 2 is 1.54 bits per heavy atom. The third kappa shape index (κ3) is 5.34. The van der Waals surface area contributed by atoms with Gasteiger partial charge in [0.1, 0.15) is 5.82 Å². The molecule has 1 aliphatic rings. The number of aliphatic hydroxyl groups is 1. The van der Waals surface area contributed by atoms with E-state index < -0.39 is 5.60 Å². The van der Waals surface area contributed by atoms with Crippen molar-refractivity contribution >= 4 is 40.7 Å². The van der Waals surface area contributed by atoms with Crippen LogP contribution in [0.25, 0.3) is 22.4 Å². The summed E-state index contributed by atoms with van der Waals surface area (Å²) in [5, 5.41) is 12.6. The first kappa shape index (κ1) is 25.6. The van der Waals surface area contributed by atoms with Crippen LogP contribution in [0, 0.1) is 5.82 Å². The molecule has 1 aliphatic heterocycles. The molecule has 0 unspecified atom stereocenters. The number of carbonyl (C=O) groups is 1. The molecule has 0 bridgehead atoms. The smallest absolute Gasteiger partial charge is 0.291 e. The maximum absolute atomic E-state index is 13.4. The average Bonchev–Trinajstić information content (AvgIpc) is 2.89. The van der Waals surface area contributed by atoms with E-state index in [9.17, 15) is 14.3 Å². The fourth-order valence-electron chi connectivity index (χ4n) is 4.48. The molecular weight excluding hydrogens is 536 g/mol. The SMILES string of the molecule is O=C(c1ncc(-c2ccc(Cl)cc2)c(-c2ccc(Cl)cc2Cl)n1)N1CCC(O)(c2ccc(F)cc2)CC1. The summed E-state index contributed by atoms with van der Waals surface area (Å²) in [6.07, 6.45) is 2.22. The fourth-order valence-corrected chi connectivity index (χ4v) is 5.11. The zero-order chi connectivity index (χ0) is 26.2. The lowest BCUT2D eigenvalue weighted by Gasteiger charge is -2.38. The van der Waals surface area contributed by atoms with Crippen molar-refractivity contribution in [3.05, 3.63) is 105 Å². The number of hydrogen-bond donors (Lipinski definition) is 1. The van der Waals surface area contributed by atoms with Gasteiger partial charge in [-0.2, -0.15) is 0 Å². The predicted octanol–water partition coefficient (Wildman–Crippen LogP) is 7.03. The number of piperidine rings is 1. The van der Waals surface area contributed by atoms with Gasteiger partial charge in [0.15, 0.2) is 0 Å². The van der Waals surface area contributed by atoms with Crippen LogP contribution in [0.2, 0.25) is 15.1 Å². The van der Waals surface area contributed by atoms with Crippen molar-refractivity contribution < 1.29 is 14.3 Å². The number of halogens is 4. The summed E-state index contributed by atoms with van der Waals surface area (Å²) in [4.78, 5) is 24.0. The van der Waals surface area contributed by atoms with Gasteiger partial charge in [-0.3, -0.25) is 4.79 Å². The molecule has 5 nitrogen and oxygen atoms in total. The molecule has 0 spiro atoms. The van der Waals surface area contributed by atoms with Crippen LogP contribution >= 0.6 is 34.8 Å². The van der Waals surface area contributed by atoms with Crippen molar-refractivity contribution in [2.24, 2.45) is 0 Å². The molecule has 1 amide bonds. The molecule has 1 fully saturated rings. The van der Waals surface area contributed by atoms with Crippen molar-refractivity contribution in [2.75, 3.05) is 13.1 Å². The van der Waals surface area contributed by atoms with Crippen LogP contribution < -0.4 is 0 Å². The zero-order valence-corrected chi connectivity index (χ0v) is 21.7. The number of rotatable bonds is 4. The summed E-state index contributed by atoms with van der Waals surface area (Å²) in [6, 6.07) is 18.1. The van der Waals surface area contributed by atoms with Gasteiger partial charge in [0.05, 0.1) is 16.3 Å². The van der Waals surface area contributed by atoms with Gasteiger partial charge in [-0.1, -0.05) is 59.1 Å². The number of amides is 1. The highest BCUT2D eigenvalue weighted by molar-refractivity contribution is 6.36. The van der Waals surface area contributed by atoms with E-state index in [-0.39, 0.29) is 17.5 Å². The highest BCUT2D eigenvalue weighted by Crippen LogP contribution is 2.37. The van der Waals surface area contributed by atoms with Crippen LogP contribution in [0.5, 0.6) is 0 Å². The number of carbonyl (C=O) groups excluding carboxylic acids is 1. The minimum absolute atomic E-state index is 0.0194. The topological polar surface area (TPSA) is 66.3 Å². The number of hydrogen-bond acceptors (Lipinski definition) is 4. The second-order valence-corrected chi connectivity index (χ2v) is 10.2.